The number of para-hydroxylation sites is 1. The number of fused-ring (bicyclic) bond motifs is 4. The van der Waals surface area contributed by atoms with Crippen molar-refractivity contribution in [1.29, 1.82) is 0 Å². The molecular weight excluding hydrogens is 399 g/mol. The third-order valence-electron chi connectivity index (χ3n) is 6.32. The Morgan fingerprint density at radius 2 is 1.48 bits per heavy atom. The zero-order chi connectivity index (χ0) is 21.8. The Balaban J connectivity index is 1.96. The average molecular weight is 419 g/mol. The zero-order valence-corrected chi connectivity index (χ0v) is 16.9. The molecule has 1 heterocycles. The highest BCUT2D eigenvalue weighted by Crippen LogP contribution is 2.58. The van der Waals surface area contributed by atoms with Gasteiger partial charge in [-0.05, 0) is 40.3 Å². The van der Waals surface area contributed by atoms with E-state index in [9.17, 15) is 18.0 Å². The van der Waals surface area contributed by atoms with Crippen molar-refractivity contribution < 1.29 is 18.0 Å². The van der Waals surface area contributed by atoms with Gasteiger partial charge in [-0.2, -0.15) is 13.2 Å². The van der Waals surface area contributed by atoms with Gasteiger partial charge >= 0.3 is 6.18 Å². The largest absolute Gasteiger partial charge is 0.390 e. The van der Waals surface area contributed by atoms with Crippen LogP contribution in [-0.4, -0.2) is 19.1 Å². The number of amides is 1. The van der Waals surface area contributed by atoms with Crippen LogP contribution in [0.3, 0.4) is 0 Å². The van der Waals surface area contributed by atoms with Crippen LogP contribution in [0.2, 0.25) is 0 Å². The average Bonchev–Trinajstić information content (AvgIpc) is 2.76. The quantitative estimate of drug-likeness (QED) is 0.490. The monoisotopic (exact) mass is 419 g/mol. The molecule has 0 radical (unpaired) electrons. The predicted molar refractivity (Wildman–Crippen MR) is 115 cm³/mol. The lowest BCUT2D eigenvalue weighted by Crippen LogP contribution is -2.51. The van der Waals surface area contributed by atoms with Gasteiger partial charge in [0, 0.05) is 12.6 Å². The third kappa shape index (κ3) is 2.99. The Morgan fingerprint density at radius 3 is 2.19 bits per heavy atom. The molecule has 0 fully saturated rings. The van der Waals surface area contributed by atoms with Crippen molar-refractivity contribution >= 4 is 22.7 Å². The maximum absolute atomic E-state index is 14.0. The highest BCUT2D eigenvalue weighted by Gasteiger charge is 2.57. The summed E-state index contributed by atoms with van der Waals surface area (Å²) >= 11 is 0. The molecular formula is C26H20F3NO. The fraction of sp³-hybridized carbons (Fsp3) is 0.192. The first-order chi connectivity index (χ1) is 14.8. The summed E-state index contributed by atoms with van der Waals surface area (Å²) in [5, 5.41) is 0. The number of hydrogen-bond acceptors (Lipinski definition) is 1. The second-order valence-corrected chi connectivity index (χ2v) is 8.21. The van der Waals surface area contributed by atoms with Gasteiger partial charge in [0.25, 0.3) is 0 Å². The normalized spacial score (nSPS) is 20.3. The number of halogens is 3. The fourth-order valence-corrected chi connectivity index (χ4v) is 5.16. The van der Waals surface area contributed by atoms with E-state index in [0.29, 0.717) is 22.4 Å². The highest BCUT2D eigenvalue weighted by atomic mass is 19.4. The van der Waals surface area contributed by atoms with Gasteiger partial charge in [0.05, 0.1) is 17.5 Å². The van der Waals surface area contributed by atoms with E-state index in [-0.39, 0.29) is 6.42 Å². The molecule has 2 nitrogen and oxygen atoms in total. The second kappa shape index (κ2) is 6.84. The number of anilines is 1. The molecule has 0 saturated carbocycles. The maximum Gasteiger partial charge on any atom is 0.390 e. The molecule has 3 aromatic rings. The summed E-state index contributed by atoms with van der Waals surface area (Å²) in [4.78, 5) is 15.1. The van der Waals surface area contributed by atoms with E-state index in [1.807, 2.05) is 66.7 Å². The van der Waals surface area contributed by atoms with E-state index in [4.69, 9.17) is 0 Å². The first-order valence-corrected chi connectivity index (χ1v) is 10.1. The van der Waals surface area contributed by atoms with E-state index in [2.05, 4.69) is 0 Å². The van der Waals surface area contributed by atoms with Crippen LogP contribution in [0.15, 0.2) is 78.9 Å². The topological polar surface area (TPSA) is 20.3 Å². The van der Waals surface area contributed by atoms with E-state index in [1.54, 1.807) is 19.2 Å². The fourth-order valence-electron chi connectivity index (χ4n) is 5.16. The molecule has 5 heteroatoms. The molecule has 3 aromatic carbocycles. The van der Waals surface area contributed by atoms with E-state index in [1.165, 1.54) is 4.90 Å². The summed E-state index contributed by atoms with van der Waals surface area (Å²) in [5.74, 6) is -0.513. The lowest BCUT2D eigenvalue weighted by molar-refractivity contribution is -0.160. The number of carbonyl (C=O) groups is 1. The maximum atomic E-state index is 14.0. The van der Waals surface area contributed by atoms with Crippen molar-refractivity contribution in [2.45, 2.75) is 19.0 Å². The smallest absolute Gasteiger partial charge is 0.314 e. The molecule has 1 aliphatic carbocycles. The predicted octanol–water partition coefficient (Wildman–Crippen LogP) is 6.12. The first kappa shape index (κ1) is 19.6. The van der Waals surface area contributed by atoms with Gasteiger partial charge in [0.15, 0.2) is 0 Å². The summed E-state index contributed by atoms with van der Waals surface area (Å²) < 4.78 is 42.0. The minimum atomic E-state index is -4.50. The Hall–Kier alpha value is -3.34. The molecule has 156 valence electrons. The van der Waals surface area contributed by atoms with E-state index < -0.39 is 23.9 Å². The van der Waals surface area contributed by atoms with E-state index >= 15 is 0 Å². The standard InChI is InChI=1S/C26H20F3NO/c1-30-21-14-8-7-13-20(21)23-22(17-9-3-2-4-10-17)19-12-6-5-11-18(19)15-25(23,24(30)31)16-26(27,28)29/h2-14H,15-16H2,1H3/t25-/m1/s1. The van der Waals surface area contributed by atoms with E-state index in [0.717, 1.165) is 16.7 Å². The Labute approximate surface area is 178 Å². The molecule has 0 spiro atoms. The SMILES string of the molecule is CN1C(=O)[C@@]2(CC(F)(F)F)Cc3ccccc3C(c3ccccc3)=C2c2ccccc21. The summed E-state index contributed by atoms with van der Waals surface area (Å²) in [7, 11) is 1.57. The lowest BCUT2D eigenvalue weighted by Gasteiger charge is -2.47. The summed E-state index contributed by atoms with van der Waals surface area (Å²) in [5.41, 5.74) is 3.25. The number of nitrogens with zero attached hydrogens (tertiary/aromatic N) is 1. The van der Waals surface area contributed by atoms with Crippen molar-refractivity contribution in [2.75, 3.05) is 11.9 Å². The van der Waals surface area contributed by atoms with Crippen LogP contribution >= 0.6 is 0 Å². The first-order valence-electron chi connectivity index (χ1n) is 10.1. The van der Waals surface area contributed by atoms with Crippen LogP contribution < -0.4 is 4.90 Å². The molecule has 31 heavy (non-hydrogen) atoms. The van der Waals surface area contributed by atoms with Gasteiger partial charge < -0.3 is 4.90 Å². The Morgan fingerprint density at radius 1 is 0.871 bits per heavy atom. The molecule has 0 bridgehead atoms. The van der Waals surface area contributed by atoms with Gasteiger partial charge in [-0.25, -0.2) is 0 Å². The van der Waals surface area contributed by atoms with Gasteiger partial charge in [0.2, 0.25) is 5.91 Å². The number of carbonyl (C=O) groups excluding carboxylic acids is 1. The summed E-state index contributed by atoms with van der Waals surface area (Å²) in [6.07, 6.45) is -5.68. The number of hydrogen-bond donors (Lipinski definition) is 0. The Kier molecular flexibility index (Phi) is 4.33. The van der Waals surface area contributed by atoms with Crippen LogP contribution in [0.1, 0.15) is 28.7 Å². The molecule has 1 aliphatic heterocycles. The molecule has 0 aromatic heterocycles. The Bertz CT molecular complexity index is 1210. The van der Waals surface area contributed by atoms with Gasteiger partial charge in [-0.3, -0.25) is 4.79 Å². The molecule has 0 saturated heterocycles. The number of alkyl halides is 3. The number of benzene rings is 3. The zero-order valence-electron chi connectivity index (χ0n) is 16.9. The summed E-state index contributed by atoms with van der Waals surface area (Å²) in [6, 6.07) is 24.1. The van der Waals surface area contributed by atoms with Crippen LogP contribution in [0, 0.1) is 5.41 Å². The molecule has 1 amide bonds. The van der Waals surface area contributed by atoms with Crippen molar-refractivity contribution in [3.63, 3.8) is 0 Å². The van der Waals surface area contributed by atoms with Gasteiger partial charge in [0.1, 0.15) is 0 Å². The number of rotatable bonds is 2. The van der Waals surface area contributed by atoms with Crippen LogP contribution in [0.25, 0.3) is 11.1 Å². The minimum absolute atomic E-state index is 0.0197. The molecule has 0 N–H and O–H groups in total. The molecule has 1 atom stereocenters. The van der Waals surface area contributed by atoms with Crippen LogP contribution in [0.5, 0.6) is 0 Å². The van der Waals surface area contributed by atoms with Crippen LogP contribution in [-0.2, 0) is 11.2 Å². The van der Waals surface area contributed by atoms with Crippen molar-refractivity contribution in [3.8, 4) is 0 Å². The third-order valence-corrected chi connectivity index (χ3v) is 6.32. The molecule has 5 rings (SSSR count). The molecule has 0 unspecified atom stereocenters. The lowest BCUT2D eigenvalue weighted by atomic mass is 9.60. The molecule has 2 aliphatic rings. The van der Waals surface area contributed by atoms with Crippen molar-refractivity contribution in [2.24, 2.45) is 5.41 Å². The van der Waals surface area contributed by atoms with Crippen molar-refractivity contribution in [1.82, 2.24) is 0 Å². The minimum Gasteiger partial charge on any atom is -0.314 e. The van der Waals surface area contributed by atoms with Gasteiger partial charge in [-0.15, -0.1) is 0 Å². The second-order valence-electron chi connectivity index (χ2n) is 8.21. The van der Waals surface area contributed by atoms with Gasteiger partial charge in [-0.1, -0.05) is 72.8 Å². The summed E-state index contributed by atoms with van der Waals surface area (Å²) in [6.45, 7) is 0. The van der Waals surface area contributed by atoms with Crippen molar-refractivity contribution in [3.05, 3.63) is 101 Å². The highest BCUT2D eigenvalue weighted by molar-refractivity contribution is 6.19. The van der Waals surface area contributed by atoms with Crippen LogP contribution in [0.4, 0.5) is 18.9 Å².